The molecule has 3 N–H and O–H groups in total. The first-order valence-corrected chi connectivity index (χ1v) is 10.8. The minimum Gasteiger partial charge on any atom is -0.506 e. The molecular formula is C19H12Cl4O5S. The summed E-state index contributed by atoms with van der Waals surface area (Å²) >= 11 is 23.8. The smallest absolute Gasteiger partial charge is 0.283 e. The van der Waals surface area contributed by atoms with E-state index in [0.29, 0.717) is 0 Å². The van der Waals surface area contributed by atoms with Crippen molar-refractivity contribution in [3.05, 3.63) is 91.4 Å². The second kappa shape index (κ2) is 7.87. The van der Waals surface area contributed by atoms with Crippen LogP contribution in [0.5, 0.6) is 11.5 Å². The first kappa shape index (κ1) is 22.0. The molecule has 0 unspecified atom stereocenters. The summed E-state index contributed by atoms with van der Waals surface area (Å²) in [6.07, 6.45) is 0. The van der Waals surface area contributed by atoms with Crippen molar-refractivity contribution in [1.29, 1.82) is 0 Å². The molecule has 0 spiro atoms. The maximum atomic E-state index is 12.9. The fourth-order valence-electron chi connectivity index (χ4n) is 3.13. The summed E-state index contributed by atoms with van der Waals surface area (Å²) in [4.78, 5) is 0. The van der Waals surface area contributed by atoms with Gasteiger partial charge in [-0.3, -0.25) is 4.55 Å². The molecule has 0 aliphatic carbocycles. The molecule has 0 bridgehead atoms. The molecule has 0 atom stereocenters. The number of aromatic hydroxyl groups is 2. The van der Waals surface area contributed by atoms with Gasteiger partial charge in [-0.2, -0.15) is 8.42 Å². The van der Waals surface area contributed by atoms with Crippen LogP contribution in [0.15, 0.2) is 54.6 Å². The molecule has 0 amide bonds. The average Bonchev–Trinajstić information content (AvgIpc) is 2.63. The summed E-state index contributed by atoms with van der Waals surface area (Å²) in [5.74, 6) is -0.814. The zero-order chi connectivity index (χ0) is 21.6. The molecule has 3 aromatic rings. The van der Waals surface area contributed by atoms with Gasteiger partial charge in [-0.25, -0.2) is 0 Å². The number of halogens is 4. The van der Waals surface area contributed by atoms with Crippen LogP contribution in [0.1, 0.15) is 16.7 Å². The van der Waals surface area contributed by atoms with Gasteiger partial charge in [0.2, 0.25) is 0 Å². The maximum Gasteiger partial charge on any atom is 0.283 e. The van der Waals surface area contributed by atoms with Gasteiger partial charge in [0.15, 0.2) is 4.75 Å². The van der Waals surface area contributed by atoms with E-state index in [4.69, 9.17) is 46.4 Å². The Hall–Kier alpha value is -1.67. The third-order valence-corrected chi connectivity index (χ3v) is 7.28. The quantitative estimate of drug-likeness (QED) is 0.311. The van der Waals surface area contributed by atoms with Gasteiger partial charge in [-0.05, 0) is 53.1 Å². The van der Waals surface area contributed by atoms with Crippen molar-refractivity contribution >= 4 is 56.5 Å². The first-order valence-electron chi connectivity index (χ1n) is 7.89. The molecule has 0 aromatic heterocycles. The van der Waals surface area contributed by atoms with E-state index in [-0.39, 0.29) is 36.8 Å². The molecule has 0 saturated heterocycles. The standard InChI is InChI=1S/C19H12Cl4O5S/c20-13-4-1-10(7-16(13)23)19(29(26,27)28,11-2-5-14(21)17(24)8-11)12-3-6-15(22)18(25)9-12/h1-9,24-25H,(H,26,27,28). The Labute approximate surface area is 186 Å². The second-order valence-corrected chi connectivity index (χ2v) is 9.31. The Kier molecular flexibility index (Phi) is 5.98. The van der Waals surface area contributed by atoms with Crippen LogP contribution in [0, 0.1) is 0 Å². The molecule has 152 valence electrons. The Morgan fingerprint density at radius 2 is 1.00 bits per heavy atom. The highest BCUT2D eigenvalue weighted by molar-refractivity contribution is 7.87. The number of rotatable bonds is 4. The lowest BCUT2D eigenvalue weighted by Crippen LogP contribution is -2.38. The molecule has 5 nitrogen and oxygen atoms in total. The van der Waals surface area contributed by atoms with Gasteiger partial charge >= 0.3 is 0 Å². The predicted molar refractivity (Wildman–Crippen MR) is 114 cm³/mol. The molecule has 0 saturated carbocycles. The molecule has 0 aliphatic rings. The van der Waals surface area contributed by atoms with Gasteiger partial charge in [-0.15, -0.1) is 0 Å². The van der Waals surface area contributed by atoms with E-state index >= 15 is 0 Å². The topological polar surface area (TPSA) is 94.8 Å². The van der Waals surface area contributed by atoms with Gasteiger partial charge in [0.05, 0.1) is 20.1 Å². The summed E-state index contributed by atoms with van der Waals surface area (Å²) in [6.45, 7) is 0. The van der Waals surface area contributed by atoms with Crippen molar-refractivity contribution in [1.82, 2.24) is 0 Å². The predicted octanol–water partition coefficient (Wildman–Crippen LogP) is 5.89. The molecule has 10 heteroatoms. The van der Waals surface area contributed by atoms with Crippen LogP contribution in [-0.2, 0) is 14.9 Å². The summed E-state index contributed by atoms with van der Waals surface area (Å²) in [5, 5.41) is 20.3. The number of benzene rings is 3. The van der Waals surface area contributed by atoms with Crippen LogP contribution in [0.4, 0.5) is 0 Å². The number of phenolic OH excluding ortho intramolecular Hbond substituents is 2. The van der Waals surface area contributed by atoms with Gasteiger partial charge in [-0.1, -0.05) is 64.6 Å². The van der Waals surface area contributed by atoms with E-state index in [2.05, 4.69) is 0 Å². The fraction of sp³-hybridized carbons (Fsp3) is 0.0526. The second-order valence-electron chi connectivity index (χ2n) is 6.12. The Bertz CT molecular complexity index is 1090. The Balaban J connectivity index is 2.53. The van der Waals surface area contributed by atoms with Crippen molar-refractivity contribution in [2.24, 2.45) is 0 Å². The van der Waals surface area contributed by atoms with Crippen LogP contribution in [0.3, 0.4) is 0 Å². The van der Waals surface area contributed by atoms with Crippen molar-refractivity contribution in [3.63, 3.8) is 0 Å². The highest BCUT2D eigenvalue weighted by Crippen LogP contribution is 2.47. The molecule has 0 fully saturated rings. The maximum absolute atomic E-state index is 12.9. The molecule has 0 radical (unpaired) electrons. The molecule has 29 heavy (non-hydrogen) atoms. The minimum atomic E-state index is -4.98. The highest BCUT2D eigenvalue weighted by atomic mass is 35.5. The molecule has 0 aliphatic heterocycles. The largest absolute Gasteiger partial charge is 0.506 e. The molecule has 3 rings (SSSR count). The molecule has 0 heterocycles. The zero-order valence-electron chi connectivity index (χ0n) is 14.3. The normalized spacial score (nSPS) is 12.2. The fourth-order valence-corrected chi connectivity index (χ4v) is 4.93. The van der Waals surface area contributed by atoms with Crippen LogP contribution < -0.4 is 0 Å². The highest BCUT2D eigenvalue weighted by Gasteiger charge is 2.49. The van der Waals surface area contributed by atoms with Crippen LogP contribution in [-0.4, -0.2) is 23.2 Å². The van der Waals surface area contributed by atoms with Crippen LogP contribution in [0.2, 0.25) is 20.1 Å². The van der Waals surface area contributed by atoms with E-state index in [1.807, 2.05) is 0 Å². The SMILES string of the molecule is O=S(=O)(O)C(c1ccc(Cl)c(O)c1)(c1ccc(Cl)c(O)c1)c1ccc(Cl)c(Cl)c1. The zero-order valence-corrected chi connectivity index (χ0v) is 18.1. The number of phenols is 2. The van der Waals surface area contributed by atoms with E-state index in [1.54, 1.807) is 0 Å². The summed E-state index contributed by atoms with van der Waals surface area (Å²) in [7, 11) is -4.98. The van der Waals surface area contributed by atoms with Gasteiger partial charge in [0.1, 0.15) is 11.5 Å². The van der Waals surface area contributed by atoms with Crippen molar-refractivity contribution in [2.75, 3.05) is 0 Å². The van der Waals surface area contributed by atoms with E-state index in [9.17, 15) is 23.2 Å². The Morgan fingerprint density at radius 3 is 1.34 bits per heavy atom. The van der Waals surface area contributed by atoms with Crippen molar-refractivity contribution in [2.45, 2.75) is 4.75 Å². The lowest BCUT2D eigenvalue weighted by atomic mass is 9.83. The average molecular weight is 494 g/mol. The van der Waals surface area contributed by atoms with Crippen molar-refractivity contribution in [3.8, 4) is 11.5 Å². The number of hydrogen-bond donors (Lipinski definition) is 3. The Morgan fingerprint density at radius 1 is 0.621 bits per heavy atom. The third-order valence-electron chi connectivity index (χ3n) is 4.42. The van der Waals surface area contributed by atoms with Gasteiger partial charge < -0.3 is 10.2 Å². The summed E-state index contributed by atoms with van der Waals surface area (Å²) in [5.41, 5.74) is -0.0955. The minimum absolute atomic E-state index is 0.0119. The van der Waals surface area contributed by atoms with Crippen LogP contribution >= 0.6 is 46.4 Å². The number of hydrogen-bond acceptors (Lipinski definition) is 4. The van der Waals surface area contributed by atoms with Gasteiger partial charge in [0, 0.05) is 0 Å². The summed E-state index contributed by atoms with van der Waals surface area (Å²) < 4.78 is 33.9. The first-order chi connectivity index (χ1) is 13.5. The monoisotopic (exact) mass is 492 g/mol. The van der Waals surface area contributed by atoms with Gasteiger partial charge in [0.25, 0.3) is 10.1 Å². The lowest BCUT2D eigenvalue weighted by molar-refractivity contribution is 0.455. The summed E-state index contributed by atoms with van der Waals surface area (Å²) in [6, 6.07) is 11.4. The van der Waals surface area contributed by atoms with E-state index in [0.717, 1.165) is 12.1 Å². The third kappa shape index (κ3) is 3.77. The lowest BCUT2D eigenvalue weighted by Gasteiger charge is -2.33. The molecule has 3 aromatic carbocycles. The van der Waals surface area contributed by atoms with E-state index in [1.165, 1.54) is 42.5 Å². The molecular weight excluding hydrogens is 482 g/mol. The van der Waals surface area contributed by atoms with Crippen molar-refractivity contribution < 1.29 is 23.2 Å². The van der Waals surface area contributed by atoms with E-state index < -0.39 is 26.4 Å². The van der Waals surface area contributed by atoms with Crippen LogP contribution in [0.25, 0.3) is 0 Å².